The molecule has 0 radical (unpaired) electrons. The number of rotatable bonds is 12. The average molecular weight is 404 g/mol. The summed E-state index contributed by atoms with van der Waals surface area (Å²) >= 11 is 14.0. The molecule has 0 bridgehead atoms. The van der Waals surface area contributed by atoms with Crippen LogP contribution < -0.4 is 0 Å². The molecule has 0 aliphatic carbocycles. The molecule has 0 heterocycles. The summed E-state index contributed by atoms with van der Waals surface area (Å²) in [6.07, 6.45) is 5.04. The van der Waals surface area contributed by atoms with Gasteiger partial charge >= 0.3 is 0 Å². The van der Waals surface area contributed by atoms with E-state index in [2.05, 4.69) is 18.7 Å². The van der Waals surface area contributed by atoms with Crippen LogP contribution >= 0.6 is 35.0 Å². The zero-order valence-corrected chi connectivity index (χ0v) is 18.2. The standard InChI is InChI=1S/C20H31Cl2NOS/c1-5-7-8-9-16(14-23(3)4)19(24)13-20(25-6-2)15-10-11-17(21)18(22)12-15/h10-12,16,20H,5-9,13-14H2,1-4H3. The lowest BCUT2D eigenvalue weighted by Gasteiger charge is -2.23. The molecule has 1 aromatic rings. The SMILES string of the molecule is CCCCCC(CN(C)C)C(=O)CC(SCC)c1ccc(Cl)c(Cl)c1. The van der Waals surface area contributed by atoms with Crippen LogP contribution in [0.5, 0.6) is 0 Å². The maximum absolute atomic E-state index is 13.0. The number of carbonyl (C=O) groups is 1. The second-order valence-electron chi connectivity index (χ2n) is 6.74. The van der Waals surface area contributed by atoms with Gasteiger partial charge in [-0.1, -0.05) is 62.4 Å². The predicted molar refractivity (Wildman–Crippen MR) is 113 cm³/mol. The molecule has 0 fully saturated rings. The molecule has 0 spiro atoms. The van der Waals surface area contributed by atoms with Crippen molar-refractivity contribution in [3.05, 3.63) is 33.8 Å². The summed E-state index contributed by atoms with van der Waals surface area (Å²) < 4.78 is 0. The predicted octanol–water partition coefficient (Wildman–Crippen LogP) is 6.50. The van der Waals surface area contributed by atoms with E-state index < -0.39 is 0 Å². The van der Waals surface area contributed by atoms with Gasteiger partial charge in [-0.3, -0.25) is 4.79 Å². The quantitative estimate of drug-likeness (QED) is 0.371. The van der Waals surface area contributed by atoms with Crippen LogP contribution in [0.25, 0.3) is 0 Å². The third-order valence-electron chi connectivity index (χ3n) is 4.27. The van der Waals surface area contributed by atoms with Gasteiger partial charge in [-0.2, -0.15) is 11.8 Å². The number of halogens is 2. The molecule has 5 heteroatoms. The van der Waals surface area contributed by atoms with Crippen LogP contribution in [0.2, 0.25) is 10.0 Å². The Morgan fingerprint density at radius 2 is 1.88 bits per heavy atom. The highest BCUT2D eigenvalue weighted by Gasteiger charge is 2.24. The van der Waals surface area contributed by atoms with E-state index >= 15 is 0 Å². The zero-order valence-electron chi connectivity index (χ0n) is 15.9. The first kappa shape index (κ1) is 22.8. The maximum atomic E-state index is 13.0. The van der Waals surface area contributed by atoms with E-state index in [1.54, 1.807) is 11.8 Å². The summed E-state index contributed by atoms with van der Waals surface area (Å²) in [6, 6.07) is 5.72. The number of unbranched alkanes of at least 4 members (excludes halogenated alkanes) is 2. The van der Waals surface area contributed by atoms with Crippen LogP contribution in [-0.2, 0) is 4.79 Å². The van der Waals surface area contributed by atoms with Gasteiger partial charge in [-0.25, -0.2) is 0 Å². The van der Waals surface area contributed by atoms with Gasteiger partial charge in [0.25, 0.3) is 0 Å². The number of Topliss-reactive ketones (excluding diaryl/α,β-unsaturated/α-hetero) is 1. The summed E-state index contributed by atoms with van der Waals surface area (Å²) in [5.41, 5.74) is 1.09. The Bertz CT molecular complexity index is 536. The van der Waals surface area contributed by atoms with Crippen molar-refractivity contribution < 1.29 is 4.79 Å². The lowest BCUT2D eigenvalue weighted by Crippen LogP contribution is -2.28. The third kappa shape index (κ3) is 8.34. The third-order valence-corrected chi connectivity index (χ3v) is 6.18. The molecule has 1 rings (SSSR count). The van der Waals surface area contributed by atoms with E-state index in [1.807, 2.05) is 32.3 Å². The van der Waals surface area contributed by atoms with E-state index in [0.717, 1.165) is 30.7 Å². The maximum Gasteiger partial charge on any atom is 0.138 e. The first-order valence-corrected chi connectivity index (χ1v) is 10.9. The van der Waals surface area contributed by atoms with Crippen molar-refractivity contribution in [2.24, 2.45) is 5.92 Å². The van der Waals surface area contributed by atoms with Crippen molar-refractivity contribution in [1.82, 2.24) is 4.90 Å². The number of carbonyl (C=O) groups excluding carboxylic acids is 1. The van der Waals surface area contributed by atoms with E-state index in [9.17, 15) is 4.79 Å². The van der Waals surface area contributed by atoms with Gasteiger partial charge in [0, 0.05) is 24.1 Å². The Labute approximate surface area is 167 Å². The second kappa shape index (κ2) is 12.2. The smallest absolute Gasteiger partial charge is 0.138 e. The largest absolute Gasteiger partial charge is 0.309 e. The number of benzene rings is 1. The Morgan fingerprint density at radius 1 is 1.16 bits per heavy atom. The number of hydrogen-bond acceptors (Lipinski definition) is 3. The zero-order chi connectivity index (χ0) is 18.8. The van der Waals surface area contributed by atoms with Gasteiger partial charge in [0.15, 0.2) is 0 Å². The van der Waals surface area contributed by atoms with E-state index in [-0.39, 0.29) is 11.2 Å². The molecule has 2 unspecified atom stereocenters. The highest BCUT2D eigenvalue weighted by molar-refractivity contribution is 7.99. The molecule has 142 valence electrons. The van der Waals surface area contributed by atoms with Crippen LogP contribution in [0.1, 0.15) is 56.8 Å². The van der Waals surface area contributed by atoms with Crippen molar-refractivity contribution in [2.75, 3.05) is 26.4 Å². The molecular weight excluding hydrogens is 373 g/mol. The Balaban J connectivity index is 2.84. The minimum absolute atomic E-state index is 0.115. The van der Waals surface area contributed by atoms with Crippen LogP contribution in [-0.4, -0.2) is 37.1 Å². The van der Waals surface area contributed by atoms with Gasteiger partial charge in [0.2, 0.25) is 0 Å². The highest BCUT2D eigenvalue weighted by Crippen LogP contribution is 2.36. The topological polar surface area (TPSA) is 20.3 Å². The summed E-state index contributed by atoms with van der Waals surface area (Å²) in [5.74, 6) is 1.44. The lowest BCUT2D eigenvalue weighted by molar-refractivity contribution is -0.123. The number of ketones is 1. The monoisotopic (exact) mass is 403 g/mol. The fourth-order valence-electron chi connectivity index (χ4n) is 2.97. The summed E-state index contributed by atoms with van der Waals surface area (Å²) in [4.78, 5) is 15.1. The Kier molecular flexibility index (Phi) is 11.2. The normalized spacial score (nSPS) is 13.9. The molecule has 2 atom stereocenters. The average Bonchev–Trinajstić information content (AvgIpc) is 2.56. The summed E-state index contributed by atoms with van der Waals surface area (Å²) in [6.45, 7) is 5.15. The first-order valence-electron chi connectivity index (χ1n) is 9.13. The fraction of sp³-hybridized carbons (Fsp3) is 0.650. The molecule has 25 heavy (non-hydrogen) atoms. The van der Waals surface area contributed by atoms with Gasteiger partial charge in [0.05, 0.1) is 10.0 Å². The molecule has 0 aliphatic heterocycles. The Hall–Kier alpha value is -0.220. The van der Waals surface area contributed by atoms with E-state index in [0.29, 0.717) is 22.2 Å². The van der Waals surface area contributed by atoms with Crippen molar-refractivity contribution in [3.63, 3.8) is 0 Å². The van der Waals surface area contributed by atoms with Crippen molar-refractivity contribution in [2.45, 2.75) is 51.2 Å². The molecule has 0 saturated heterocycles. The Morgan fingerprint density at radius 3 is 2.44 bits per heavy atom. The number of nitrogens with zero attached hydrogens (tertiary/aromatic N) is 1. The van der Waals surface area contributed by atoms with Crippen molar-refractivity contribution >= 4 is 40.7 Å². The highest BCUT2D eigenvalue weighted by atomic mass is 35.5. The number of hydrogen-bond donors (Lipinski definition) is 0. The molecule has 2 nitrogen and oxygen atoms in total. The molecule has 0 N–H and O–H groups in total. The van der Waals surface area contributed by atoms with Crippen molar-refractivity contribution in [1.29, 1.82) is 0 Å². The van der Waals surface area contributed by atoms with E-state index in [4.69, 9.17) is 23.2 Å². The fourth-order valence-corrected chi connectivity index (χ4v) is 4.30. The van der Waals surface area contributed by atoms with Crippen LogP contribution in [0.4, 0.5) is 0 Å². The lowest BCUT2D eigenvalue weighted by atomic mass is 9.92. The minimum atomic E-state index is 0.115. The molecule has 0 saturated carbocycles. The van der Waals surface area contributed by atoms with E-state index in [1.165, 1.54) is 12.8 Å². The van der Waals surface area contributed by atoms with Gasteiger partial charge in [-0.15, -0.1) is 0 Å². The van der Waals surface area contributed by atoms with Crippen LogP contribution in [0.15, 0.2) is 18.2 Å². The van der Waals surface area contributed by atoms with Gasteiger partial charge in [-0.05, 0) is 44.0 Å². The molecular formula is C20H31Cl2NOS. The molecule has 1 aromatic carbocycles. The molecule has 0 aliphatic rings. The molecule has 0 amide bonds. The summed E-state index contributed by atoms with van der Waals surface area (Å²) in [5, 5.41) is 1.26. The van der Waals surface area contributed by atoms with Crippen LogP contribution in [0.3, 0.4) is 0 Å². The first-order chi connectivity index (χ1) is 11.9. The minimum Gasteiger partial charge on any atom is -0.309 e. The summed E-state index contributed by atoms with van der Waals surface area (Å²) in [7, 11) is 4.08. The van der Waals surface area contributed by atoms with Gasteiger partial charge in [0.1, 0.15) is 5.78 Å². The van der Waals surface area contributed by atoms with Gasteiger partial charge < -0.3 is 4.90 Å². The molecule has 0 aromatic heterocycles. The number of thioether (sulfide) groups is 1. The second-order valence-corrected chi connectivity index (χ2v) is 9.04. The van der Waals surface area contributed by atoms with Crippen molar-refractivity contribution in [3.8, 4) is 0 Å². The van der Waals surface area contributed by atoms with Crippen LogP contribution in [0, 0.1) is 5.92 Å².